The highest BCUT2D eigenvalue weighted by Gasteiger charge is 2.26. The molecule has 0 spiro atoms. The first-order valence-electron chi connectivity index (χ1n) is 8.15. The van der Waals surface area contributed by atoms with Gasteiger partial charge in [-0.25, -0.2) is 0 Å². The van der Waals surface area contributed by atoms with Gasteiger partial charge in [-0.2, -0.15) is 0 Å². The van der Waals surface area contributed by atoms with Gasteiger partial charge in [0.05, 0.1) is 5.33 Å². The van der Waals surface area contributed by atoms with Crippen molar-refractivity contribution in [3.05, 3.63) is 54.1 Å². The van der Waals surface area contributed by atoms with Crippen LogP contribution in [0.4, 0.5) is 5.69 Å². The minimum absolute atomic E-state index is 0.138. The standard InChI is InChI=1S/C19H19BrN2O4/c1-22(14-7-8-16-17(10-14)26-12-25-16)19(24)15(21-18(23)11-20)9-13-5-3-2-4-6-13/h2-8,10,15H,9,11-12H2,1H3,(H,21,23)/t15-/m0/s1. The van der Waals surface area contributed by atoms with Crippen LogP contribution < -0.4 is 19.7 Å². The molecule has 2 aromatic rings. The summed E-state index contributed by atoms with van der Waals surface area (Å²) in [6.07, 6.45) is 0.410. The average Bonchev–Trinajstić information content (AvgIpc) is 3.14. The van der Waals surface area contributed by atoms with E-state index in [1.807, 2.05) is 30.3 Å². The highest BCUT2D eigenvalue weighted by atomic mass is 79.9. The van der Waals surface area contributed by atoms with Crippen molar-refractivity contribution in [3.8, 4) is 11.5 Å². The van der Waals surface area contributed by atoms with Gasteiger partial charge in [0.25, 0.3) is 0 Å². The molecule has 1 N–H and O–H groups in total. The predicted octanol–water partition coefficient (Wildman–Crippen LogP) is 2.50. The van der Waals surface area contributed by atoms with Gasteiger partial charge < -0.3 is 19.7 Å². The second-order valence-electron chi connectivity index (χ2n) is 5.88. The summed E-state index contributed by atoms with van der Waals surface area (Å²) in [5, 5.41) is 2.92. The van der Waals surface area contributed by atoms with Gasteiger partial charge in [0.2, 0.25) is 18.6 Å². The van der Waals surface area contributed by atoms with Crippen molar-refractivity contribution in [2.45, 2.75) is 12.5 Å². The molecule has 26 heavy (non-hydrogen) atoms. The topological polar surface area (TPSA) is 67.9 Å². The maximum atomic E-state index is 13.0. The quantitative estimate of drug-likeness (QED) is 0.731. The molecule has 3 rings (SSSR count). The SMILES string of the molecule is CN(C(=O)[C@H](Cc1ccccc1)NC(=O)CBr)c1ccc2c(c1)OCO2. The summed E-state index contributed by atoms with van der Waals surface area (Å²) in [5.41, 5.74) is 1.64. The zero-order valence-electron chi connectivity index (χ0n) is 14.3. The number of ether oxygens (including phenoxy) is 2. The third-order valence-corrected chi connectivity index (χ3v) is 4.62. The zero-order valence-corrected chi connectivity index (χ0v) is 15.9. The lowest BCUT2D eigenvalue weighted by Crippen LogP contribution is -2.49. The second-order valence-corrected chi connectivity index (χ2v) is 6.44. The van der Waals surface area contributed by atoms with Gasteiger partial charge >= 0.3 is 0 Å². The first-order chi connectivity index (χ1) is 12.6. The second kappa shape index (κ2) is 8.23. The van der Waals surface area contributed by atoms with E-state index >= 15 is 0 Å². The predicted molar refractivity (Wildman–Crippen MR) is 102 cm³/mol. The van der Waals surface area contributed by atoms with Crippen LogP contribution in [0.2, 0.25) is 0 Å². The van der Waals surface area contributed by atoms with Crippen molar-refractivity contribution < 1.29 is 19.1 Å². The number of carbonyl (C=O) groups excluding carboxylic acids is 2. The number of alkyl halides is 1. The van der Waals surface area contributed by atoms with Crippen molar-refractivity contribution in [2.24, 2.45) is 0 Å². The highest BCUT2D eigenvalue weighted by molar-refractivity contribution is 9.09. The molecule has 0 bridgehead atoms. The normalized spacial score (nSPS) is 13.2. The fourth-order valence-corrected chi connectivity index (χ4v) is 2.90. The molecule has 0 aromatic heterocycles. The van der Waals surface area contributed by atoms with E-state index in [4.69, 9.17) is 9.47 Å². The molecule has 1 aliphatic heterocycles. The number of nitrogens with zero attached hydrogens (tertiary/aromatic N) is 1. The first kappa shape index (κ1) is 18.3. The van der Waals surface area contributed by atoms with Crippen LogP contribution in [0.1, 0.15) is 5.56 Å². The Morgan fingerprint density at radius 3 is 2.62 bits per heavy atom. The number of rotatable bonds is 6. The van der Waals surface area contributed by atoms with E-state index in [1.54, 1.807) is 25.2 Å². The molecule has 1 atom stereocenters. The molecule has 1 heterocycles. The summed E-state index contributed by atoms with van der Waals surface area (Å²) in [6.45, 7) is 0.175. The van der Waals surface area contributed by atoms with Crippen molar-refractivity contribution in [1.82, 2.24) is 5.32 Å². The van der Waals surface area contributed by atoms with E-state index in [-0.39, 0.29) is 23.9 Å². The summed E-state index contributed by atoms with van der Waals surface area (Å²) in [7, 11) is 1.68. The Kier molecular flexibility index (Phi) is 5.78. The number of amides is 2. The highest BCUT2D eigenvalue weighted by Crippen LogP contribution is 2.35. The monoisotopic (exact) mass is 418 g/mol. The van der Waals surface area contributed by atoms with E-state index in [1.165, 1.54) is 4.90 Å². The molecule has 0 radical (unpaired) electrons. The summed E-state index contributed by atoms with van der Waals surface area (Å²) in [4.78, 5) is 26.4. The molecule has 2 aromatic carbocycles. The fourth-order valence-electron chi connectivity index (χ4n) is 2.74. The Labute approximate surface area is 160 Å². The Morgan fingerprint density at radius 2 is 1.88 bits per heavy atom. The van der Waals surface area contributed by atoms with Crippen LogP contribution >= 0.6 is 15.9 Å². The first-order valence-corrected chi connectivity index (χ1v) is 9.27. The van der Waals surface area contributed by atoms with Gasteiger partial charge in [-0.1, -0.05) is 46.3 Å². The van der Waals surface area contributed by atoms with Gasteiger partial charge in [0, 0.05) is 25.2 Å². The number of hydrogen-bond acceptors (Lipinski definition) is 4. The van der Waals surface area contributed by atoms with Crippen molar-refractivity contribution in [1.29, 1.82) is 0 Å². The minimum atomic E-state index is -0.669. The number of nitrogens with one attached hydrogen (secondary N) is 1. The maximum absolute atomic E-state index is 13.0. The van der Waals surface area contributed by atoms with Crippen LogP contribution in [-0.2, 0) is 16.0 Å². The van der Waals surface area contributed by atoms with Crippen LogP contribution in [-0.4, -0.2) is 37.0 Å². The molecule has 2 amide bonds. The van der Waals surface area contributed by atoms with Crippen molar-refractivity contribution in [2.75, 3.05) is 24.1 Å². The van der Waals surface area contributed by atoms with E-state index in [2.05, 4.69) is 21.2 Å². The summed E-state index contributed by atoms with van der Waals surface area (Å²) < 4.78 is 10.7. The Morgan fingerprint density at radius 1 is 1.15 bits per heavy atom. The van der Waals surface area contributed by atoms with Gasteiger partial charge in [0.15, 0.2) is 11.5 Å². The Bertz CT molecular complexity index is 797. The number of carbonyl (C=O) groups is 2. The van der Waals surface area contributed by atoms with Gasteiger partial charge in [0.1, 0.15) is 6.04 Å². The van der Waals surface area contributed by atoms with Crippen LogP contribution in [0.5, 0.6) is 11.5 Å². The fraction of sp³-hybridized carbons (Fsp3) is 0.263. The molecule has 136 valence electrons. The molecule has 1 aliphatic rings. The Hall–Kier alpha value is -2.54. The molecule has 0 aliphatic carbocycles. The van der Waals surface area contributed by atoms with Crippen LogP contribution in [0.15, 0.2) is 48.5 Å². The lowest BCUT2D eigenvalue weighted by molar-refractivity contribution is -0.126. The molecular formula is C19H19BrN2O4. The maximum Gasteiger partial charge on any atom is 0.249 e. The average molecular weight is 419 g/mol. The molecule has 0 fully saturated rings. The zero-order chi connectivity index (χ0) is 18.5. The third-order valence-electron chi connectivity index (χ3n) is 4.11. The molecule has 0 unspecified atom stereocenters. The van der Waals surface area contributed by atoms with E-state index in [0.29, 0.717) is 23.6 Å². The van der Waals surface area contributed by atoms with Crippen LogP contribution in [0.3, 0.4) is 0 Å². The third kappa shape index (κ3) is 4.16. The lowest BCUT2D eigenvalue weighted by Gasteiger charge is -2.25. The van der Waals surface area contributed by atoms with Crippen molar-refractivity contribution >= 4 is 33.4 Å². The summed E-state index contributed by atoms with van der Waals surface area (Å²) in [6, 6.07) is 14.2. The minimum Gasteiger partial charge on any atom is -0.454 e. The van der Waals surface area contributed by atoms with E-state index < -0.39 is 6.04 Å². The van der Waals surface area contributed by atoms with Crippen molar-refractivity contribution in [3.63, 3.8) is 0 Å². The number of halogens is 1. The molecular weight excluding hydrogens is 400 g/mol. The van der Waals surface area contributed by atoms with E-state index in [0.717, 1.165) is 5.56 Å². The summed E-state index contributed by atoms with van der Waals surface area (Å²) in [5.74, 6) is 0.815. The summed E-state index contributed by atoms with van der Waals surface area (Å²) >= 11 is 3.13. The van der Waals surface area contributed by atoms with Gasteiger partial charge in [-0.3, -0.25) is 9.59 Å². The van der Waals surface area contributed by atoms with Crippen LogP contribution in [0, 0.1) is 0 Å². The molecule has 6 nitrogen and oxygen atoms in total. The molecule has 0 saturated carbocycles. The molecule has 7 heteroatoms. The molecule has 0 saturated heterocycles. The van der Waals surface area contributed by atoms with Gasteiger partial charge in [-0.15, -0.1) is 0 Å². The largest absolute Gasteiger partial charge is 0.454 e. The number of hydrogen-bond donors (Lipinski definition) is 1. The number of benzene rings is 2. The number of anilines is 1. The van der Waals surface area contributed by atoms with E-state index in [9.17, 15) is 9.59 Å². The van der Waals surface area contributed by atoms with Gasteiger partial charge in [-0.05, 0) is 17.7 Å². The lowest BCUT2D eigenvalue weighted by atomic mass is 10.0. The number of likely N-dealkylation sites (N-methyl/N-ethyl adjacent to an activating group) is 1. The number of fused-ring (bicyclic) bond motifs is 1. The Balaban J connectivity index is 1.80. The smallest absolute Gasteiger partial charge is 0.249 e. The van der Waals surface area contributed by atoms with Crippen LogP contribution in [0.25, 0.3) is 0 Å².